The van der Waals surface area contributed by atoms with Gasteiger partial charge in [-0.2, -0.15) is 0 Å². The van der Waals surface area contributed by atoms with E-state index in [2.05, 4.69) is 0 Å². The van der Waals surface area contributed by atoms with Crippen molar-refractivity contribution in [3.8, 4) is 11.5 Å². The normalized spacial score (nSPS) is 17.0. The van der Waals surface area contributed by atoms with Crippen molar-refractivity contribution in [2.24, 2.45) is 0 Å². The number of carbonyl (C=O) groups is 2. The molecule has 1 aliphatic rings. The summed E-state index contributed by atoms with van der Waals surface area (Å²) in [7, 11) is 3.28. The van der Waals surface area contributed by atoms with Crippen molar-refractivity contribution in [2.75, 3.05) is 33.9 Å². The summed E-state index contributed by atoms with van der Waals surface area (Å²) in [6, 6.07) is 16.8. The molecule has 0 radical (unpaired) electrons. The highest BCUT2D eigenvalue weighted by Gasteiger charge is 2.37. The van der Waals surface area contributed by atoms with E-state index in [4.69, 9.17) is 9.47 Å². The third-order valence-corrected chi connectivity index (χ3v) is 4.87. The average Bonchev–Trinajstić information content (AvgIpc) is 2.72. The number of amides is 2. The van der Waals surface area contributed by atoms with Gasteiger partial charge in [0.05, 0.1) is 20.3 Å². The number of rotatable bonds is 8. The number of likely N-dealkylation sites (N-methyl/N-ethyl adjacent to an activating group) is 1. The summed E-state index contributed by atoms with van der Waals surface area (Å²) in [5.74, 6) is 1.30. The number of hydrogen-bond acceptors (Lipinski definition) is 4. The van der Waals surface area contributed by atoms with E-state index in [1.165, 1.54) is 4.90 Å². The Morgan fingerprint density at radius 1 is 1.00 bits per heavy atom. The molecule has 2 aromatic carbocycles. The fraction of sp³-hybridized carbons (Fsp3) is 0.364. The minimum absolute atomic E-state index is 0.0194. The molecule has 6 heteroatoms. The van der Waals surface area contributed by atoms with Crippen molar-refractivity contribution in [2.45, 2.75) is 18.9 Å². The van der Waals surface area contributed by atoms with E-state index in [0.717, 1.165) is 5.56 Å². The van der Waals surface area contributed by atoms with Crippen LogP contribution in [0.25, 0.3) is 0 Å². The van der Waals surface area contributed by atoms with E-state index in [0.29, 0.717) is 37.5 Å². The molecule has 2 amide bonds. The van der Waals surface area contributed by atoms with E-state index in [-0.39, 0.29) is 18.4 Å². The Bertz CT molecular complexity index is 809. The smallest absolute Gasteiger partial charge is 0.245 e. The van der Waals surface area contributed by atoms with Gasteiger partial charge in [0.25, 0.3) is 0 Å². The number of piperazine rings is 1. The minimum atomic E-state index is -0.472. The lowest BCUT2D eigenvalue weighted by atomic mass is 10.0. The van der Waals surface area contributed by atoms with Crippen LogP contribution < -0.4 is 9.47 Å². The molecule has 1 saturated heterocycles. The quantitative estimate of drug-likeness (QED) is 0.658. The van der Waals surface area contributed by atoms with E-state index in [9.17, 15) is 9.59 Å². The van der Waals surface area contributed by atoms with Crippen molar-refractivity contribution in [1.82, 2.24) is 9.80 Å². The molecule has 0 aliphatic carbocycles. The Morgan fingerprint density at radius 3 is 2.39 bits per heavy atom. The van der Waals surface area contributed by atoms with E-state index in [1.54, 1.807) is 19.1 Å². The second kappa shape index (κ2) is 9.26. The van der Waals surface area contributed by atoms with Crippen LogP contribution in [-0.2, 0) is 16.0 Å². The van der Waals surface area contributed by atoms with Gasteiger partial charge in [0.1, 0.15) is 6.04 Å². The molecule has 0 saturated carbocycles. The molecule has 28 heavy (non-hydrogen) atoms. The highest BCUT2D eigenvalue weighted by molar-refractivity contribution is 5.94. The van der Waals surface area contributed by atoms with Crippen LogP contribution in [0, 0.1) is 0 Å². The first-order valence-electron chi connectivity index (χ1n) is 9.44. The molecule has 1 atom stereocenters. The second-order valence-electron chi connectivity index (χ2n) is 6.84. The van der Waals surface area contributed by atoms with E-state index < -0.39 is 6.04 Å². The maximum absolute atomic E-state index is 12.7. The zero-order valence-corrected chi connectivity index (χ0v) is 16.3. The number of methoxy groups -OCH3 is 1. The van der Waals surface area contributed by atoms with Gasteiger partial charge >= 0.3 is 0 Å². The molecule has 1 fully saturated rings. The Morgan fingerprint density at radius 2 is 1.68 bits per heavy atom. The largest absolute Gasteiger partial charge is 0.493 e. The molecule has 1 aliphatic heterocycles. The van der Waals surface area contributed by atoms with Crippen molar-refractivity contribution in [1.29, 1.82) is 0 Å². The highest BCUT2D eigenvalue weighted by Crippen LogP contribution is 2.26. The maximum atomic E-state index is 12.7. The lowest BCUT2D eigenvalue weighted by molar-refractivity contribution is -0.154. The lowest BCUT2D eigenvalue weighted by Gasteiger charge is -2.39. The van der Waals surface area contributed by atoms with E-state index in [1.807, 2.05) is 54.6 Å². The topological polar surface area (TPSA) is 59.1 Å². The molecule has 1 heterocycles. The number of carbonyl (C=O) groups excluding carboxylic acids is 2. The molecule has 3 rings (SSSR count). The summed E-state index contributed by atoms with van der Waals surface area (Å²) in [5, 5.41) is 0. The fourth-order valence-electron chi connectivity index (χ4n) is 3.40. The molecule has 6 nitrogen and oxygen atoms in total. The van der Waals surface area contributed by atoms with Gasteiger partial charge in [-0.05, 0) is 24.1 Å². The summed E-state index contributed by atoms with van der Waals surface area (Å²) in [4.78, 5) is 28.5. The summed E-state index contributed by atoms with van der Waals surface area (Å²) in [6.45, 7) is 1.04. The Kier molecular flexibility index (Phi) is 6.53. The van der Waals surface area contributed by atoms with Crippen LogP contribution in [0.15, 0.2) is 54.6 Å². The first kappa shape index (κ1) is 19.7. The number of hydrogen-bond donors (Lipinski definition) is 0. The molecule has 0 spiro atoms. The zero-order chi connectivity index (χ0) is 19.9. The van der Waals surface area contributed by atoms with Crippen LogP contribution >= 0.6 is 0 Å². The average molecular weight is 382 g/mol. The number of ether oxygens (including phenoxy) is 2. The van der Waals surface area contributed by atoms with Crippen LogP contribution in [0.1, 0.15) is 12.0 Å². The van der Waals surface area contributed by atoms with E-state index >= 15 is 0 Å². The van der Waals surface area contributed by atoms with Gasteiger partial charge in [-0.1, -0.05) is 42.5 Å². The van der Waals surface area contributed by atoms with Crippen molar-refractivity contribution >= 4 is 11.8 Å². The number of benzene rings is 2. The summed E-state index contributed by atoms with van der Waals surface area (Å²) >= 11 is 0. The van der Waals surface area contributed by atoms with Crippen molar-refractivity contribution in [3.63, 3.8) is 0 Å². The van der Waals surface area contributed by atoms with Crippen LogP contribution in [-0.4, -0.2) is 61.5 Å². The Hall–Kier alpha value is -3.02. The number of nitrogens with zero attached hydrogens (tertiary/aromatic N) is 2. The molecule has 2 aromatic rings. The van der Waals surface area contributed by atoms with Crippen molar-refractivity contribution in [3.05, 3.63) is 60.2 Å². The molecule has 0 N–H and O–H groups in total. The van der Waals surface area contributed by atoms with Gasteiger partial charge in [0.15, 0.2) is 11.5 Å². The predicted octanol–water partition coefficient (Wildman–Crippen LogP) is 2.38. The molecule has 148 valence electrons. The SMILES string of the molecule is COc1ccccc1OCCCN1C(=O)CN(C)C(=O)[C@H]1Cc1ccccc1. The first-order chi connectivity index (χ1) is 13.6. The zero-order valence-electron chi connectivity index (χ0n) is 16.3. The molecule has 0 aromatic heterocycles. The summed E-state index contributed by atoms with van der Waals surface area (Å²) < 4.78 is 11.1. The highest BCUT2D eigenvalue weighted by atomic mass is 16.5. The molecule has 0 unspecified atom stereocenters. The molecular formula is C22H26N2O4. The Labute approximate surface area is 165 Å². The van der Waals surface area contributed by atoms with Crippen LogP contribution in [0.4, 0.5) is 0 Å². The van der Waals surface area contributed by atoms with Gasteiger partial charge in [0.2, 0.25) is 11.8 Å². The van der Waals surface area contributed by atoms with Gasteiger partial charge < -0.3 is 19.3 Å². The van der Waals surface area contributed by atoms with Crippen molar-refractivity contribution < 1.29 is 19.1 Å². The third kappa shape index (κ3) is 4.63. The van der Waals surface area contributed by atoms with Crippen LogP contribution in [0.3, 0.4) is 0 Å². The van der Waals surface area contributed by atoms with Gasteiger partial charge in [-0.3, -0.25) is 9.59 Å². The monoisotopic (exact) mass is 382 g/mol. The molecule has 0 bridgehead atoms. The number of para-hydroxylation sites is 2. The van der Waals surface area contributed by atoms with Gasteiger partial charge in [0, 0.05) is 20.0 Å². The Balaban J connectivity index is 1.62. The minimum Gasteiger partial charge on any atom is -0.493 e. The summed E-state index contributed by atoms with van der Waals surface area (Å²) in [5.41, 5.74) is 1.04. The van der Waals surface area contributed by atoms with Gasteiger partial charge in [-0.25, -0.2) is 0 Å². The van der Waals surface area contributed by atoms with Crippen LogP contribution in [0.2, 0.25) is 0 Å². The van der Waals surface area contributed by atoms with Crippen LogP contribution in [0.5, 0.6) is 11.5 Å². The third-order valence-electron chi connectivity index (χ3n) is 4.87. The standard InChI is InChI=1S/C22H26N2O4/c1-23-16-21(25)24(18(22(23)26)15-17-9-4-3-5-10-17)13-8-14-28-20-12-7-6-11-19(20)27-2/h3-7,9-12,18H,8,13-16H2,1-2H3/t18-/m1/s1. The summed E-state index contributed by atoms with van der Waals surface area (Å²) in [6.07, 6.45) is 1.15. The second-order valence-corrected chi connectivity index (χ2v) is 6.84. The van der Waals surface area contributed by atoms with Gasteiger partial charge in [-0.15, -0.1) is 0 Å². The fourth-order valence-corrected chi connectivity index (χ4v) is 3.40. The first-order valence-corrected chi connectivity index (χ1v) is 9.44. The maximum Gasteiger partial charge on any atom is 0.245 e. The predicted molar refractivity (Wildman–Crippen MR) is 106 cm³/mol. The lowest BCUT2D eigenvalue weighted by Crippen LogP contribution is -2.59. The molecular weight excluding hydrogens is 356 g/mol.